The van der Waals surface area contributed by atoms with E-state index >= 15 is 0 Å². The first-order chi connectivity index (χ1) is 9.51. The van der Waals surface area contributed by atoms with Gasteiger partial charge in [0.1, 0.15) is 0 Å². The van der Waals surface area contributed by atoms with Crippen molar-refractivity contribution in [2.24, 2.45) is 5.10 Å². The number of carbonyl (C=O) groups excluding carboxylic acids is 1. The summed E-state index contributed by atoms with van der Waals surface area (Å²) in [6.45, 7) is 8.57. The highest BCUT2D eigenvalue weighted by Crippen LogP contribution is 2.20. The van der Waals surface area contributed by atoms with Gasteiger partial charge in [-0.3, -0.25) is 10.2 Å². The van der Waals surface area contributed by atoms with Crippen molar-refractivity contribution in [1.29, 1.82) is 5.41 Å². The molecule has 0 radical (unpaired) electrons. The molecule has 5 nitrogen and oxygen atoms in total. The number of rotatable bonds is 6. The molecule has 2 N–H and O–H groups in total. The van der Waals surface area contributed by atoms with Crippen molar-refractivity contribution in [3.05, 3.63) is 29.3 Å². The van der Waals surface area contributed by atoms with E-state index in [4.69, 9.17) is 5.41 Å². The van der Waals surface area contributed by atoms with Crippen LogP contribution in [0.4, 0.5) is 5.69 Å². The lowest BCUT2D eigenvalue weighted by Gasteiger charge is -2.26. The van der Waals surface area contributed by atoms with Crippen LogP contribution in [-0.4, -0.2) is 35.8 Å². The third-order valence-corrected chi connectivity index (χ3v) is 2.96. The fraction of sp³-hybridized carbons (Fsp3) is 0.400. The average molecular weight is 274 g/mol. The van der Waals surface area contributed by atoms with Crippen molar-refractivity contribution in [2.75, 3.05) is 12.0 Å². The molecule has 0 unspecified atom stereocenters. The summed E-state index contributed by atoms with van der Waals surface area (Å²) in [5.74, 6) is -0.0150. The number of anilines is 1. The number of amides is 1. The number of hydrogen-bond acceptors (Lipinski definition) is 4. The lowest BCUT2D eigenvalue weighted by molar-refractivity contribution is 0.0718. The van der Waals surface area contributed by atoms with Crippen LogP contribution in [0.25, 0.3) is 0 Å². The smallest absolute Gasteiger partial charge is 0.256 e. The summed E-state index contributed by atoms with van der Waals surface area (Å²) < 4.78 is 0. The molecule has 5 heteroatoms. The van der Waals surface area contributed by atoms with E-state index in [0.29, 0.717) is 17.8 Å². The van der Waals surface area contributed by atoms with Crippen molar-refractivity contribution in [2.45, 2.75) is 33.7 Å². The number of aryl methyl sites for hydroxylation is 1. The Morgan fingerprint density at radius 1 is 1.50 bits per heavy atom. The zero-order valence-corrected chi connectivity index (χ0v) is 12.5. The first-order valence-electron chi connectivity index (χ1n) is 6.71. The normalized spacial score (nSPS) is 10.8. The molecule has 0 fully saturated rings. The highest BCUT2D eigenvalue weighted by molar-refractivity contribution is 6.14. The first-order valence-corrected chi connectivity index (χ1v) is 6.71. The summed E-state index contributed by atoms with van der Waals surface area (Å²) in [5, 5.41) is 10.8. The quantitative estimate of drug-likeness (QED) is 0.618. The second kappa shape index (κ2) is 7.43. The molecule has 20 heavy (non-hydrogen) atoms. The van der Waals surface area contributed by atoms with Crippen LogP contribution in [0.2, 0.25) is 0 Å². The van der Waals surface area contributed by atoms with Crippen molar-refractivity contribution in [3.8, 4) is 0 Å². The fourth-order valence-electron chi connectivity index (χ4n) is 1.97. The third kappa shape index (κ3) is 3.91. The lowest BCUT2D eigenvalue weighted by Crippen LogP contribution is -2.37. The van der Waals surface area contributed by atoms with Crippen molar-refractivity contribution in [1.82, 2.24) is 4.90 Å². The van der Waals surface area contributed by atoms with Gasteiger partial charge >= 0.3 is 0 Å². The largest absolute Gasteiger partial charge is 0.336 e. The minimum Gasteiger partial charge on any atom is -0.336 e. The van der Waals surface area contributed by atoms with E-state index in [1.165, 1.54) is 6.21 Å². The van der Waals surface area contributed by atoms with Crippen LogP contribution in [0.1, 0.15) is 36.7 Å². The molecule has 1 aromatic carbocycles. The van der Waals surface area contributed by atoms with Gasteiger partial charge in [-0.1, -0.05) is 11.6 Å². The fourth-order valence-corrected chi connectivity index (χ4v) is 1.97. The van der Waals surface area contributed by atoms with Crippen LogP contribution < -0.4 is 5.43 Å². The molecule has 0 saturated heterocycles. The van der Waals surface area contributed by atoms with E-state index in [0.717, 1.165) is 11.8 Å². The number of nitrogens with one attached hydrogen (secondary N) is 2. The summed E-state index contributed by atoms with van der Waals surface area (Å²) >= 11 is 0. The maximum Gasteiger partial charge on any atom is 0.256 e. The zero-order valence-electron chi connectivity index (χ0n) is 12.5. The molecule has 1 amide bonds. The Bertz CT molecular complexity index is 509. The van der Waals surface area contributed by atoms with Crippen molar-refractivity contribution < 1.29 is 4.79 Å². The Hall–Kier alpha value is -2.17. The van der Waals surface area contributed by atoms with Gasteiger partial charge in [-0.05, 0) is 39.8 Å². The van der Waals surface area contributed by atoms with Gasteiger partial charge < -0.3 is 10.3 Å². The molecule has 108 valence electrons. The van der Waals surface area contributed by atoms with Crippen LogP contribution in [0.15, 0.2) is 23.3 Å². The zero-order chi connectivity index (χ0) is 15.1. The first kappa shape index (κ1) is 15.9. The Balaban J connectivity index is 3.13. The van der Waals surface area contributed by atoms with E-state index < -0.39 is 0 Å². The Morgan fingerprint density at radius 2 is 2.20 bits per heavy atom. The highest BCUT2D eigenvalue weighted by atomic mass is 16.2. The van der Waals surface area contributed by atoms with Gasteiger partial charge in [0, 0.05) is 18.8 Å². The Morgan fingerprint density at radius 3 is 2.75 bits per heavy atom. The number of nitrogens with zero attached hydrogens (tertiary/aromatic N) is 2. The summed E-state index contributed by atoms with van der Waals surface area (Å²) in [4.78, 5) is 14.4. The molecule has 0 saturated carbocycles. The lowest BCUT2D eigenvalue weighted by atomic mass is 10.1. The van der Waals surface area contributed by atoms with Crippen molar-refractivity contribution in [3.63, 3.8) is 0 Å². The van der Waals surface area contributed by atoms with Gasteiger partial charge in [-0.15, -0.1) is 0 Å². The summed E-state index contributed by atoms with van der Waals surface area (Å²) in [5.41, 5.74) is 5.08. The molecular formula is C15H22N4O. The molecule has 0 spiro atoms. The molecular weight excluding hydrogens is 252 g/mol. The SMILES string of the molecule is CCN(C(=O)c1cc(C)ccc1N/N=C\C=N)C(C)C. The number of hydrazone groups is 1. The van der Waals surface area contributed by atoms with Crippen LogP contribution in [0.5, 0.6) is 0 Å². The molecule has 0 aliphatic rings. The van der Waals surface area contributed by atoms with E-state index in [1.54, 1.807) is 4.90 Å². The van der Waals surface area contributed by atoms with E-state index in [2.05, 4.69) is 10.5 Å². The molecule has 0 atom stereocenters. The van der Waals surface area contributed by atoms with E-state index in [1.807, 2.05) is 45.9 Å². The van der Waals surface area contributed by atoms with Crippen LogP contribution >= 0.6 is 0 Å². The average Bonchev–Trinajstić information content (AvgIpc) is 2.40. The molecule has 0 heterocycles. The van der Waals surface area contributed by atoms with E-state index in [-0.39, 0.29) is 11.9 Å². The Labute approximate surface area is 120 Å². The molecule has 0 bridgehead atoms. The minimum atomic E-state index is -0.0150. The predicted octanol–water partition coefficient (Wildman–Crippen LogP) is 2.91. The third-order valence-electron chi connectivity index (χ3n) is 2.96. The summed E-state index contributed by atoms with van der Waals surface area (Å²) in [7, 11) is 0. The summed E-state index contributed by atoms with van der Waals surface area (Å²) in [6.07, 6.45) is 2.41. The van der Waals surface area contributed by atoms with Gasteiger partial charge in [0.15, 0.2) is 0 Å². The molecule has 0 aliphatic carbocycles. The van der Waals surface area contributed by atoms with Gasteiger partial charge in [-0.25, -0.2) is 0 Å². The second-order valence-corrected chi connectivity index (χ2v) is 4.79. The number of hydrogen-bond donors (Lipinski definition) is 2. The predicted molar refractivity (Wildman–Crippen MR) is 83.9 cm³/mol. The van der Waals surface area contributed by atoms with Gasteiger partial charge in [0.2, 0.25) is 0 Å². The topological polar surface area (TPSA) is 68.6 Å². The molecule has 0 aliphatic heterocycles. The molecule has 1 rings (SSSR count). The van der Waals surface area contributed by atoms with Crippen molar-refractivity contribution >= 4 is 24.0 Å². The number of carbonyl (C=O) groups is 1. The van der Waals surface area contributed by atoms with E-state index in [9.17, 15) is 4.79 Å². The van der Waals surface area contributed by atoms with Crippen LogP contribution in [0.3, 0.4) is 0 Å². The highest BCUT2D eigenvalue weighted by Gasteiger charge is 2.20. The molecule has 0 aromatic heterocycles. The number of benzene rings is 1. The van der Waals surface area contributed by atoms with Gasteiger partial charge in [-0.2, -0.15) is 5.10 Å². The van der Waals surface area contributed by atoms with Crippen LogP contribution in [-0.2, 0) is 0 Å². The summed E-state index contributed by atoms with van der Waals surface area (Å²) in [6, 6.07) is 5.75. The van der Waals surface area contributed by atoms with Crippen LogP contribution in [0, 0.1) is 12.3 Å². The standard InChI is InChI=1S/C15H22N4O/c1-5-19(11(2)3)15(20)13-10-12(4)6-7-14(13)18-17-9-8-16/h6-11,16,18H,5H2,1-4H3/b16-8?,17-9-. The molecule has 1 aromatic rings. The monoisotopic (exact) mass is 274 g/mol. The van der Waals surface area contributed by atoms with Gasteiger partial charge in [0.05, 0.1) is 17.5 Å². The second-order valence-electron chi connectivity index (χ2n) is 4.79. The van der Waals surface area contributed by atoms with Gasteiger partial charge in [0.25, 0.3) is 5.91 Å². The Kier molecular flexibility index (Phi) is 5.90. The minimum absolute atomic E-state index is 0.0150. The maximum atomic E-state index is 12.6. The maximum absolute atomic E-state index is 12.6.